The van der Waals surface area contributed by atoms with E-state index in [9.17, 15) is 17.2 Å². The van der Waals surface area contributed by atoms with Gasteiger partial charge in [0.15, 0.2) is 0 Å². The number of para-hydroxylation sites is 1. The number of alkyl halides is 2. The van der Waals surface area contributed by atoms with Crippen molar-refractivity contribution in [3.05, 3.63) is 24.3 Å². The van der Waals surface area contributed by atoms with E-state index in [4.69, 9.17) is 0 Å². The van der Waals surface area contributed by atoms with Crippen molar-refractivity contribution in [2.45, 2.75) is 10.7 Å². The van der Waals surface area contributed by atoms with Gasteiger partial charge in [-0.2, -0.15) is 8.78 Å². The molecule has 0 aromatic heterocycles. The van der Waals surface area contributed by atoms with Gasteiger partial charge in [0.1, 0.15) is 0 Å². The molecule has 0 saturated carbocycles. The molecule has 0 aliphatic heterocycles. The van der Waals surface area contributed by atoms with Gasteiger partial charge in [-0.15, -0.1) is 0 Å². The van der Waals surface area contributed by atoms with E-state index in [1.165, 1.54) is 19.2 Å². The molecule has 0 heterocycles. The molecular weight excluding hydrogens is 212 g/mol. The Balaban J connectivity index is 3.32. The lowest BCUT2D eigenvalue weighted by Gasteiger charge is -2.08. The van der Waals surface area contributed by atoms with Gasteiger partial charge < -0.3 is 5.32 Å². The molecule has 0 fully saturated rings. The zero-order chi connectivity index (χ0) is 10.8. The van der Waals surface area contributed by atoms with Crippen molar-refractivity contribution in [3.63, 3.8) is 0 Å². The highest BCUT2D eigenvalue weighted by atomic mass is 32.2. The number of halogens is 2. The van der Waals surface area contributed by atoms with Gasteiger partial charge in [0.25, 0.3) is 0 Å². The molecule has 0 atom stereocenters. The van der Waals surface area contributed by atoms with E-state index < -0.39 is 15.6 Å². The summed E-state index contributed by atoms with van der Waals surface area (Å²) in [5.41, 5.74) is 0.174. The second-order valence-electron chi connectivity index (χ2n) is 2.55. The first-order valence-electron chi connectivity index (χ1n) is 3.79. The van der Waals surface area contributed by atoms with Crippen LogP contribution in [0.5, 0.6) is 0 Å². The minimum Gasteiger partial charge on any atom is -0.387 e. The van der Waals surface area contributed by atoms with Gasteiger partial charge in [-0.05, 0) is 12.1 Å². The lowest BCUT2D eigenvalue weighted by Crippen LogP contribution is -2.13. The summed E-state index contributed by atoms with van der Waals surface area (Å²) in [5.74, 6) is -3.39. The number of hydrogen-bond acceptors (Lipinski definition) is 3. The summed E-state index contributed by atoms with van der Waals surface area (Å²) in [6.45, 7) is 0. The fourth-order valence-corrected chi connectivity index (χ4v) is 1.95. The monoisotopic (exact) mass is 221 g/mol. The van der Waals surface area contributed by atoms with E-state index in [1.807, 2.05) is 0 Å². The Labute approximate surface area is 80.7 Å². The maximum atomic E-state index is 12.2. The molecule has 6 heteroatoms. The second-order valence-corrected chi connectivity index (χ2v) is 4.44. The molecule has 1 aromatic rings. The first-order chi connectivity index (χ1) is 6.50. The summed E-state index contributed by atoms with van der Waals surface area (Å²) in [6, 6.07) is 5.54. The van der Waals surface area contributed by atoms with E-state index in [1.54, 1.807) is 6.07 Å². The van der Waals surface area contributed by atoms with E-state index >= 15 is 0 Å². The number of sulfone groups is 1. The summed E-state index contributed by atoms with van der Waals surface area (Å²) in [5, 5.41) is 2.54. The Hall–Kier alpha value is -1.17. The Bertz CT molecular complexity index is 417. The Morgan fingerprint density at radius 2 is 1.86 bits per heavy atom. The van der Waals surface area contributed by atoms with Gasteiger partial charge in [-0.25, -0.2) is 8.42 Å². The average Bonchev–Trinajstić information content (AvgIpc) is 2.17. The minimum absolute atomic E-state index is 0.174. The van der Waals surface area contributed by atoms with Gasteiger partial charge in [-0.1, -0.05) is 12.1 Å². The fourth-order valence-electron chi connectivity index (χ4n) is 1.02. The molecule has 0 spiro atoms. The van der Waals surface area contributed by atoms with Crippen LogP contribution >= 0.6 is 0 Å². The molecule has 1 rings (SSSR count). The maximum absolute atomic E-state index is 12.2. The fraction of sp³-hybridized carbons (Fsp3) is 0.250. The van der Waals surface area contributed by atoms with Gasteiger partial charge in [0.2, 0.25) is 9.84 Å². The summed E-state index contributed by atoms with van der Waals surface area (Å²) in [4.78, 5) is -0.377. The van der Waals surface area contributed by atoms with E-state index in [0.717, 1.165) is 6.07 Å². The lowest BCUT2D eigenvalue weighted by atomic mass is 10.3. The molecule has 1 aromatic carbocycles. The third kappa shape index (κ3) is 1.84. The van der Waals surface area contributed by atoms with Crippen molar-refractivity contribution >= 4 is 15.5 Å². The van der Waals surface area contributed by atoms with E-state index in [0.29, 0.717) is 0 Å². The normalized spacial score (nSPS) is 11.7. The highest BCUT2D eigenvalue weighted by Gasteiger charge is 2.28. The minimum atomic E-state index is -4.52. The van der Waals surface area contributed by atoms with Crippen LogP contribution in [0.15, 0.2) is 29.2 Å². The molecule has 1 N–H and O–H groups in total. The van der Waals surface area contributed by atoms with Crippen LogP contribution in [0.2, 0.25) is 0 Å². The SMILES string of the molecule is CNc1ccccc1S(=O)(=O)C(F)F. The predicted octanol–water partition coefficient (Wildman–Crippen LogP) is 1.72. The highest BCUT2D eigenvalue weighted by Crippen LogP contribution is 2.25. The Kier molecular flexibility index (Phi) is 3.05. The van der Waals surface area contributed by atoms with Crippen LogP contribution in [0.3, 0.4) is 0 Å². The van der Waals surface area contributed by atoms with Crippen LogP contribution < -0.4 is 5.32 Å². The number of benzene rings is 1. The standard InChI is InChI=1S/C8H9F2NO2S/c1-11-6-4-2-3-5-7(6)14(12,13)8(9)10/h2-5,8,11H,1H3. The number of rotatable bonds is 3. The quantitative estimate of drug-likeness (QED) is 0.845. The van der Waals surface area contributed by atoms with Crippen molar-refractivity contribution in [2.24, 2.45) is 0 Å². The van der Waals surface area contributed by atoms with Gasteiger partial charge >= 0.3 is 5.76 Å². The maximum Gasteiger partial charge on any atom is 0.341 e. The molecule has 78 valence electrons. The molecular formula is C8H9F2NO2S. The lowest BCUT2D eigenvalue weighted by molar-refractivity contribution is 0.235. The zero-order valence-corrected chi connectivity index (χ0v) is 8.18. The molecule has 0 unspecified atom stereocenters. The van der Waals surface area contributed by atoms with Crippen LogP contribution in [0.4, 0.5) is 14.5 Å². The Morgan fingerprint density at radius 1 is 1.29 bits per heavy atom. The van der Waals surface area contributed by atoms with Crippen LogP contribution in [0, 0.1) is 0 Å². The smallest absolute Gasteiger partial charge is 0.341 e. The molecule has 14 heavy (non-hydrogen) atoms. The molecule has 0 amide bonds. The van der Waals surface area contributed by atoms with E-state index in [2.05, 4.69) is 5.32 Å². The van der Waals surface area contributed by atoms with Gasteiger partial charge in [-0.3, -0.25) is 0 Å². The number of anilines is 1. The van der Waals surface area contributed by atoms with Crippen molar-refractivity contribution < 1.29 is 17.2 Å². The summed E-state index contributed by atoms with van der Waals surface area (Å²) >= 11 is 0. The predicted molar refractivity (Wildman–Crippen MR) is 49.2 cm³/mol. The van der Waals surface area contributed by atoms with Crippen molar-refractivity contribution in [2.75, 3.05) is 12.4 Å². The average molecular weight is 221 g/mol. The first-order valence-corrected chi connectivity index (χ1v) is 5.33. The van der Waals surface area contributed by atoms with Crippen molar-refractivity contribution in [3.8, 4) is 0 Å². The molecule has 0 aliphatic rings. The summed E-state index contributed by atoms with van der Waals surface area (Å²) < 4.78 is 46.6. The second kappa shape index (κ2) is 3.91. The Morgan fingerprint density at radius 3 is 2.36 bits per heavy atom. The first kappa shape index (κ1) is 10.9. The van der Waals surface area contributed by atoms with Crippen molar-refractivity contribution in [1.82, 2.24) is 0 Å². The summed E-state index contributed by atoms with van der Waals surface area (Å²) in [6.07, 6.45) is 0. The molecule has 0 aliphatic carbocycles. The number of nitrogens with one attached hydrogen (secondary N) is 1. The van der Waals surface area contributed by atoms with Crippen LogP contribution in [-0.2, 0) is 9.84 Å². The largest absolute Gasteiger partial charge is 0.387 e. The van der Waals surface area contributed by atoms with Crippen LogP contribution in [-0.4, -0.2) is 21.2 Å². The van der Waals surface area contributed by atoms with E-state index in [-0.39, 0.29) is 10.6 Å². The molecule has 0 radical (unpaired) electrons. The van der Waals surface area contributed by atoms with Crippen LogP contribution in [0.1, 0.15) is 0 Å². The topological polar surface area (TPSA) is 46.2 Å². The van der Waals surface area contributed by atoms with Gasteiger partial charge in [0.05, 0.1) is 10.6 Å². The third-order valence-corrected chi connectivity index (χ3v) is 3.14. The highest BCUT2D eigenvalue weighted by molar-refractivity contribution is 7.91. The van der Waals surface area contributed by atoms with Crippen LogP contribution in [0.25, 0.3) is 0 Å². The number of hydrogen-bond donors (Lipinski definition) is 1. The summed E-state index contributed by atoms with van der Waals surface area (Å²) in [7, 11) is -3.04. The molecule has 3 nitrogen and oxygen atoms in total. The third-order valence-electron chi connectivity index (χ3n) is 1.70. The van der Waals surface area contributed by atoms with Gasteiger partial charge in [0, 0.05) is 7.05 Å². The zero-order valence-electron chi connectivity index (χ0n) is 7.37. The molecule has 0 bridgehead atoms. The molecule has 0 saturated heterocycles. The van der Waals surface area contributed by atoms with Crippen molar-refractivity contribution in [1.29, 1.82) is 0 Å².